The second kappa shape index (κ2) is 9.06. The van der Waals surface area contributed by atoms with E-state index in [4.69, 9.17) is 4.74 Å². The van der Waals surface area contributed by atoms with E-state index < -0.39 is 5.97 Å². The van der Waals surface area contributed by atoms with Gasteiger partial charge in [0.1, 0.15) is 5.82 Å². The van der Waals surface area contributed by atoms with Gasteiger partial charge in [0, 0.05) is 19.3 Å². The second-order valence-electron chi connectivity index (χ2n) is 7.79. The molecule has 6 heteroatoms. The van der Waals surface area contributed by atoms with E-state index >= 15 is 0 Å². The summed E-state index contributed by atoms with van der Waals surface area (Å²) in [6.07, 6.45) is 0. The number of esters is 1. The van der Waals surface area contributed by atoms with Crippen molar-refractivity contribution in [3.63, 3.8) is 0 Å². The normalized spacial score (nSPS) is 10.8. The quantitative estimate of drug-likeness (QED) is 0.426. The van der Waals surface area contributed by atoms with Crippen LogP contribution >= 0.6 is 0 Å². The summed E-state index contributed by atoms with van der Waals surface area (Å²) >= 11 is 0. The lowest BCUT2D eigenvalue weighted by molar-refractivity contribution is -0.133. The highest BCUT2D eigenvalue weighted by Crippen LogP contribution is 2.22. The monoisotopic (exact) mass is 427 g/mol. The minimum Gasteiger partial charge on any atom is -0.452 e. The number of para-hydroxylation sites is 1. The summed E-state index contributed by atoms with van der Waals surface area (Å²) in [4.78, 5) is 31.2. The van der Waals surface area contributed by atoms with Crippen LogP contribution in [0.4, 0.5) is 0 Å². The topological polar surface area (TPSA) is 64.4 Å². The molecular weight excluding hydrogens is 402 g/mol. The summed E-state index contributed by atoms with van der Waals surface area (Å²) in [6, 6.07) is 23.1. The summed E-state index contributed by atoms with van der Waals surface area (Å²) in [7, 11) is 1.70. The lowest BCUT2D eigenvalue weighted by Crippen LogP contribution is -2.31. The minimum atomic E-state index is -0.545. The third-order valence-electron chi connectivity index (χ3n) is 5.49. The Kier molecular flexibility index (Phi) is 6.03. The Morgan fingerprint density at radius 2 is 1.69 bits per heavy atom. The molecule has 0 radical (unpaired) electrons. The lowest BCUT2D eigenvalue weighted by Gasteiger charge is -2.18. The van der Waals surface area contributed by atoms with E-state index in [1.165, 1.54) is 0 Å². The van der Waals surface area contributed by atoms with Crippen LogP contribution in [0, 0.1) is 13.8 Å². The van der Waals surface area contributed by atoms with E-state index in [1.807, 2.05) is 79.1 Å². The highest BCUT2D eigenvalue weighted by Gasteiger charge is 2.16. The van der Waals surface area contributed by atoms with Crippen molar-refractivity contribution in [2.45, 2.75) is 20.4 Å². The first-order chi connectivity index (χ1) is 15.4. The molecular formula is C26H25N3O3. The molecule has 4 rings (SSSR count). The molecule has 0 unspecified atom stereocenters. The van der Waals surface area contributed by atoms with Crippen molar-refractivity contribution in [3.8, 4) is 5.69 Å². The molecule has 1 amide bonds. The highest BCUT2D eigenvalue weighted by atomic mass is 16.5. The molecule has 1 heterocycles. The van der Waals surface area contributed by atoms with Crippen molar-refractivity contribution in [2.24, 2.45) is 0 Å². The standard InChI is InChI=1S/C26H25N3O3/c1-18-9-7-8-10-21(18)16-28(3)25(30)17-32-26(31)20-13-14-24-23(15-20)27-19(2)29(24)22-11-5-4-6-12-22/h4-15H,16-17H2,1-3H3. The number of benzene rings is 3. The summed E-state index contributed by atoms with van der Waals surface area (Å²) in [6.45, 7) is 4.08. The molecule has 3 aromatic carbocycles. The Morgan fingerprint density at radius 1 is 0.969 bits per heavy atom. The minimum absolute atomic E-state index is 0.258. The number of aromatic nitrogens is 2. The molecule has 0 N–H and O–H groups in total. The van der Waals surface area contributed by atoms with Crippen molar-refractivity contribution >= 4 is 22.9 Å². The fourth-order valence-electron chi connectivity index (χ4n) is 3.68. The Labute approximate surface area is 187 Å². The molecule has 0 aliphatic heterocycles. The van der Waals surface area contributed by atoms with Crippen molar-refractivity contribution < 1.29 is 14.3 Å². The predicted molar refractivity (Wildman–Crippen MR) is 124 cm³/mol. The van der Waals surface area contributed by atoms with Crippen LogP contribution in [-0.2, 0) is 16.1 Å². The molecule has 162 valence electrons. The van der Waals surface area contributed by atoms with Crippen molar-refractivity contribution in [3.05, 3.63) is 95.3 Å². The van der Waals surface area contributed by atoms with Crippen molar-refractivity contribution in [1.82, 2.24) is 14.5 Å². The molecule has 0 aliphatic carbocycles. The van der Waals surface area contributed by atoms with Crippen LogP contribution in [0.2, 0.25) is 0 Å². The lowest BCUT2D eigenvalue weighted by atomic mass is 10.1. The van der Waals surface area contributed by atoms with Gasteiger partial charge in [-0.25, -0.2) is 9.78 Å². The van der Waals surface area contributed by atoms with Crippen LogP contribution in [0.25, 0.3) is 16.7 Å². The van der Waals surface area contributed by atoms with Gasteiger partial charge in [-0.2, -0.15) is 0 Å². The number of nitrogens with zero attached hydrogens (tertiary/aromatic N) is 3. The Hall–Kier alpha value is -3.93. The number of imidazole rings is 1. The van der Waals surface area contributed by atoms with Gasteiger partial charge in [0.15, 0.2) is 6.61 Å². The van der Waals surface area contributed by atoms with Gasteiger partial charge in [-0.1, -0.05) is 42.5 Å². The maximum absolute atomic E-state index is 12.6. The van der Waals surface area contributed by atoms with Crippen LogP contribution in [0.3, 0.4) is 0 Å². The summed E-state index contributed by atoms with van der Waals surface area (Å²) in [5, 5.41) is 0. The highest BCUT2D eigenvalue weighted by molar-refractivity contribution is 5.95. The molecule has 1 aromatic heterocycles. The van der Waals surface area contributed by atoms with E-state index in [0.29, 0.717) is 17.6 Å². The Balaban J connectivity index is 1.44. The number of rotatable bonds is 6. The third kappa shape index (κ3) is 4.39. The van der Waals surface area contributed by atoms with Gasteiger partial charge < -0.3 is 9.64 Å². The number of aryl methyl sites for hydroxylation is 2. The first-order valence-electron chi connectivity index (χ1n) is 10.4. The maximum Gasteiger partial charge on any atom is 0.338 e. The number of carbonyl (C=O) groups excluding carboxylic acids is 2. The van der Waals surface area contributed by atoms with Gasteiger partial charge in [0.05, 0.1) is 16.6 Å². The van der Waals surface area contributed by atoms with Crippen molar-refractivity contribution in [2.75, 3.05) is 13.7 Å². The van der Waals surface area contributed by atoms with Crippen LogP contribution in [0.5, 0.6) is 0 Å². The van der Waals surface area contributed by atoms with Gasteiger partial charge >= 0.3 is 5.97 Å². The number of carbonyl (C=O) groups is 2. The fraction of sp³-hybridized carbons (Fsp3) is 0.192. The maximum atomic E-state index is 12.6. The Bertz CT molecular complexity index is 1280. The number of hydrogen-bond acceptors (Lipinski definition) is 4. The van der Waals surface area contributed by atoms with Gasteiger partial charge in [-0.15, -0.1) is 0 Å². The molecule has 0 saturated carbocycles. The molecule has 0 aliphatic rings. The average Bonchev–Trinajstić information content (AvgIpc) is 3.14. The zero-order valence-electron chi connectivity index (χ0n) is 18.4. The van der Waals surface area contributed by atoms with E-state index in [2.05, 4.69) is 4.98 Å². The predicted octanol–water partition coefficient (Wildman–Crippen LogP) is 4.46. The van der Waals surface area contributed by atoms with Gasteiger partial charge in [-0.3, -0.25) is 9.36 Å². The second-order valence-corrected chi connectivity index (χ2v) is 7.79. The van der Waals surface area contributed by atoms with Crippen LogP contribution in [0.1, 0.15) is 27.3 Å². The van der Waals surface area contributed by atoms with Crippen LogP contribution in [-0.4, -0.2) is 40.0 Å². The summed E-state index contributed by atoms with van der Waals surface area (Å²) in [5.74, 6) is 0.0214. The van der Waals surface area contributed by atoms with Crippen LogP contribution < -0.4 is 0 Å². The first kappa shape index (κ1) is 21.3. The molecule has 0 atom stereocenters. The van der Waals surface area contributed by atoms with Crippen molar-refractivity contribution in [1.29, 1.82) is 0 Å². The average molecular weight is 428 g/mol. The smallest absolute Gasteiger partial charge is 0.338 e. The number of ether oxygens (including phenoxy) is 1. The molecule has 0 bridgehead atoms. The molecule has 4 aromatic rings. The van der Waals surface area contributed by atoms with E-state index in [-0.39, 0.29) is 12.5 Å². The third-order valence-corrected chi connectivity index (χ3v) is 5.49. The number of likely N-dealkylation sites (N-methyl/N-ethyl adjacent to an activating group) is 1. The number of amides is 1. The first-order valence-corrected chi connectivity index (χ1v) is 10.4. The van der Waals surface area contributed by atoms with E-state index in [9.17, 15) is 9.59 Å². The van der Waals surface area contributed by atoms with Gasteiger partial charge in [0.2, 0.25) is 0 Å². The number of fused-ring (bicyclic) bond motifs is 1. The van der Waals surface area contributed by atoms with Gasteiger partial charge in [-0.05, 0) is 55.3 Å². The molecule has 0 fully saturated rings. The zero-order valence-corrected chi connectivity index (χ0v) is 18.4. The molecule has 32 heavy (non-hydrogen) atoms. The van der Waals surface area contributed by atoms with Crippen LogP contribution in [0.15, 0.2) is 72.8 Å². The van der Waals surface area contributed by atoms with E-state index in [1.54, 1.807) is 24.1 Å². The van der Waals surface area contributed by atoms with E-state index in [0.717, 1.165) is 28.2 Å². The fourth-order valence-corrected chi connectivity index (χ4v) is 3.68. The largest absolute Gasteiger partial charge is 0.452 e. The van der Waals surface area contributed by atoms with Gasteiger partial charge in [0.25, 0.3) is 5.91 Å². The molecule has 0 saturated heterocycles. The summed E-state index contributed by atoms with van der Waals surface area (Å²) < 4.78 is 7.32. The Morgan fingerprint density at radius 3 is 2.44 bits per heavy atom. The molecule has 6 nitrogen and oxygen atoms in total. The summed E-state index contributed by atoms with van der Waals surface area (Å²) in [5.41, 5.74) is 5.14. The zero-order chi connectivity index (χ0) is 22.7. The molecule has 0 spiro atoms. The number of hydrogen-bond donors (Lipinski definition) is 0. The SMILES string of the molecule is Cc1ccccc1CN(C)C(=O)COC(=O)c1ccc2c(c1)nc(C)n2-c1ccccc1.